The third kappa shape index (κ3) is 6.97. The van der Waals surface area contributed by atoms with Crippen LogP contribution in [0.3, 0.4) is 0 Å². The fourth-order valence-corrected chi connectivity index (χ4v) is 2.32. The first-order chi connectivity index (χ1) is 8.58. The van der Waals surface area contributed by atoms with Crippen LogP contribution in [0.5, 0.6) is 0 Å². The predicted molar refractivity (Wildman–Crippen MR) is 71.2 cm³/mol. The maximum Gasteiger partial charge on any atom is 0.219 e. The minimum atomic E-state index is -0.287. The Morgan fingerprint density at radius 1 is 1.17 bits per heavy atom. The maximum absolute atomic E-state index is 10.5. The molecule has 4 nitrogen and oxygen atoms in total. The van der Waals surface area contributed by atoms with E-state index in [-0.39, 0.29) is 5.91 Å². The predicted octanol–water partition coefficient (Wildman–Crippen LogP) is 2.11. The van der Waals surface area contributed by atoms with Crippen LogP contribution in [0.15, 0.2) is 0 Å². The van der Waals surface area contributed by atoms with Gasteiger partial charge >= 0.3 is 0 Å². The fraction of sp³-hybridized carbons (Fsp3) is 0.929. The van der Waals surface area contributed by atoms with Gasteiger partial charge in [-0.1, -0.05) is 0 Å². The summed E-state index contributed by atoms with van der Waals surface area (Å²) in [4.78, 5) is 10.5. The van der Waals surface area contributed by atoms with Gasteiger partial charge in [-0.2, -0.15) is 0 Å². The molecular weight excluding hydrogens is 230 g/mol. The van der Waals surface area contributed by atoms with Gasteiger partial charge < -0.3 is 15.2 Å². The van der Waals surface area contributed by atoms with Crippen LogP contribution >= 0.6 is 0 Å². The molecule has 0 bridgehead atoms. The summed E-state index contributed by atoms with van der Waals surface area (Å²) in [7, 11) is 0. The lowest BCUT2D eigenvalue weighted by Gasteiger charge is -2.28. The number of primary amides is 1. The van der Waals surface area contributed by atoms with Crippen LogP contribution in [0.2, 0.25) is 0 Å². The van der Waals surface area contributed by atoms with Gasteiger partial charge in [0.2, 0.25) is 5.91 Å². The molecule has 0 radical (unpaired) electrons. The van der Waals surface area contributed by atoms with Gasteiger partial charge in [-0.3, -0.25) is 4.79 Å². The van der Waals surface area contributed by atoms with Crippen LogP contribution in [-0.2, 0) is 14.3 Å². The summed E-state index contributed by atoms with van der Waals surface area (Å²) in [5.74, 6) is 1.08. The average molecular weight is 257 g/mol. The second kappa shape index (κ2) is 8.48. The fourth-order valence-electron chi connectivity index (χ4n) is 2.32. The van der Waals surface area contributed by atoms with Crippen molar-refractivity contribution >= 4 is 5.91 Å². The minimum absolute atomic E-state index is 0.287. The van der Waals surface area contributed by atoms with Crippen molar-refractivity contribution in [1.29, 1.82) is 0 Å². The SMILES string of the molecule is CC(C)OCC1CCC(COCCC(N)=O)CC1. The van der Waals surface area contributed by atoms with Crippen LogP contribution in [0.25, 0.3) is 0 Å². The smallest absolute Gasteiger partial charge is 0.219 e. The van der Waals surface area contributed by atoms with Gasteiger partial charge in [0, 0.05) is 19.6 Å². The van der Waals surface area contributed by atoms with E-state index in [4.69, 9.17) is 15.2 Å². The highest BCUT2D eigenvalue weighted by Crippen LogP contribution is 2.29. The van der Waals surface area contributed by atoms with Crippen LogP contribution in [0.1, 0.15) is 46.0 Å². The summed E-state index contributed by atoms with van der Waals surface area (Å²) in [6.45, 7) is 6.29. The molecule has 0 aromatic carbocycles. The number of amides is 1. The zero-order chi connectivity index (χ0) is 13.4. The van der Waals surface area contributed by atoms with Gasteiger partial charge in [-0.15, -0.1) is 0 Å². The monoisotopic (exact) mass is 257 g/mol. The molecule has 1 aliphatic rings. The molecule has 1 fully saturated rings. The minimum Gasteiger partial charge on any atom is -0.381 e. The average Bonchev–Trinajstić information content (AvgIpc) is 2.33. The Kier molecular flexibility index (Phi) is 7.28. The Morgan fingerprint density at radius 3 is 2.22 bits per heavy atom. The van der Waals surface area contributed by atoms with Gasteiger partial charge in [0.25, 0.3) is 0 Å². The summed E-state index contributed by atoms with van der Waals surface area (Å²) in [6.07, 6.45) is 5.55. The summed E-state index contributed by atoms with van der Waals surface area (Å²) >= 11 is 0. The van der Waals surface area contributed by atoms with E-state index in [1.165, 1.54) is 25.7 Å². The van der Waals surface area contributed by atoms with E-state index in [0.29, 0.717) is 31.0 Å². The van der Waals surface area contributed by atoms with Gasteiger partial charge in [-0.05, 0) is 51.4 Å². The van der Waals surface area contributed by atoms with E-state index < -0.39 is 0 Å². The standard InChI is InChI=1S/C14H27NO3/c1-11(2)18-10-13-5-3-12(4-6-13)9-17-8-7-14(15)16/h11-13H,3-10H2,1-2H3,(H2,15,16). The van der Waals surface area contributed by atoms with Gasteiger partial charge in [0.15, 0.2) is 0 Å². The van der Waals surface area contributed by atoms with Crippen molar-refractivity contribution in [2.24, 2.45) is 17.6 Å². The third-order valence-corrected chi connectivity index (χ3v) is 3.48. The highest BCUT2D eigenvalue weighted by molar-refractivity contribution is 5.73. The number of ether oxygens (including phenoxy) is 2. The molecule has 0 atom stereocenters. The Bertz CT molecular complexity index is 235. The van der Waals surface area contributed by atoms with E-state index in [2.05, 4.69) is 13.8 Å². The largest absolute Gasteiger partial charge is 0.381 e. The normalized spacial score (nSPS) is 24.4. The molecule has 1 amide bonds. The zero-order valence-electron chi connectivity index (χ0n) is 11.7. The van der Waals surface area contributed by atoms with E-state index >= 15 is 0 Å². The van der Waals surface area contributed by atoms with E-state index in [9.17, 15) is 4.79 Å². The van der Waals surface area contributed by atoms with Gasteiger partial charge in [0.1, 0.15) is 0 Å². The molecule has 0 aromatic rings. The van der Waals surface area contributed by atoms with Crippen molar-refractivity contribution in [3.63, 3.8) is 0 Å². The second-order valence-corrected chi connectivity index (χ2v) is 5.56. The lowest BCUT2D eigenvalue weighted by molar-refractivity contribution is -0.119. The molecule has 4 heteroatoms. The molecule has 106 valence electrons. The summed E-state index contributed by atoms with van der Waals surface area (Å²) < 4.78 is 11.1. The highest BCUT2D eigenvalue weighted by atomic mass is 16.5. The Balaban J connectivity index is 2.03. The van der Waals surface area contributed by atoms with Crippen molar-refractivity contribution in [2.75, 3.05) is 19.8 Å². The van der Waals surface area contributed by atoms with Crippen molar-refractivity contribution in [3.05, 3.63) is 0 Å². The van der Waals surface area contributed by atoms with E-state index in [1.807, 2.05) is 0 Å². The topological polar surface area (TPSA) is 61.6 Å². The molecule has 0 aromatic heterocycles. The van der Waals surface area contributed by atoms with Crippen molar-refractivity contribution in [1.82, 2.24) is 0 Å². The molecule has 0 unspecified atom stereocenters. The number of carbonyl (C=O) groups is 1. The van der Waals surface area contributed by atoms with Crippen molar-refractivity contribution in [3.8, 4) is 0 Å². The Hall–Kier alpha value is -0.610. The summed E-state index contributed by atoms with van der Waals surface area (Å²) in [6, 6.07) is 0. The Morgan fingerprint density at radius 2 is 1.72 bits per heavy atom. The molecule has 18 heavy (non-hydrogen) atoms. The zero-order valence-corrected chi connectivity index (χ0v) is 11.7. The lowest BCUT2D eigenvalue weighted by Crippen LogP contribution is -2.23. The molecule has 2 N–H and O–H groups in total. The number of carbonyl (C=O) groups excluding carboxylic acids is 1. The molecule has 1 aliphatic carbocycles. The Labute approximate surface area is 110 Å². The molecule has 0 aliphatic heterocycles. The highest BCUT2D eigenvalue weighted by Gasteiger charge is 2.21. The van der Waals surface area contributed by atoms with Crippen LogP contribution in [0.4, 0.5) is 0 Å². The first-order valence-corrected chi connectivity index (χ1v) is 7.05. The molecule has 1 rings (SSSR count). The van der Waals surface area contributed by atoms with Gasteiger partial charge in [-0.25, -0.2) is 0 Å². The molecule has 0 saturated heterocycles. The molecular formula is C14H27NO3. The first-order valence-electron chi connectivity index (χ1n) is 7.05. The molecule has 0 heterocycles. The quantitative estimate of drug-likeness (QED) is 0.677. The summed E-state index contributed by atoms with van der Waals surface area (Å²) in [5, 5.41) is 0. The second-order valence-electron chi connectivity index (χ2n) is 5.56. The van der Waals surface area contributed by atoms with Gasteiger partial charge in [0.05, 0.1) is 12.7 Å². The maximum atomic E-state index is 10.5. The van der Waals surface area contributed by atoms with E-state index in [1.54, 1.807) is 0 Å². The lowest BCUT2D eigenvalue weighted by atomic mass is 9.83. The van der Waals surface area contributed by atoms with Crippen molar-refractivity contribution in [2.45, 2.75) is 52.1 Å². The van der Waals surface area contributed by atoms with E-state index in [0.717, 1.165) is 13.2 Å². The number of rotatable bonds is 8. The molecule has 1 saturated carbocycles. The third-order valence-electron chi connectivity index (χ3n) is 3.48. The first kappa shape index (κ1) is 15.4. The number of hydrogen-bond acceptors (Lipinski definition) is 3. The van der Waals surface area contributed by atoms with Crippen molar-refractivity contribution < 1.29 is 14.3 Å². The number of hydrogen-bond donors (Lipinski definition) is 1. The number of nitrogens with two attached hydrogens (primary N) is 1. The van der Waals surface area contributed by atoms with Crippen LogP contribution < -0.4 is 5.73 Å². The summed E-state index contributed by atoms with van der Waals surface area (Å²) in [5.41, 5.74) is 5.05. The molecule has 0 spiro atoms. The van der Waals surface area contributed by atoms with Crippen LogP contribution in [-0.4, -0.2) is 31.8 Å². The van der Waals surface area contributed by atoms with Crippen LogP contribution in [0, 0.1) is 11.8 Å².